The second-order valence-electron chi connectivity index (χ2n) is 11.9. The van der Waals surface area contributed by atoms with Gasteiger partial charge in [-0.05, 0) is 88.6 Å². The van der Waals surface area contributed by atoms with Gasteiger partial charge in [0.2, 0.25) is 0 Å². The largest absolute Gasteiger partial charge is 0.505 e. The summed E-state index contributed by atoms with van der Waals surface area (Å²) in [5.41, 5.74) is 3.88. The topological polar surface area (TPSA) is 251 Å². The number of aromatic hydroxyl groups is 2. The lowest BCUT2D eigenvalue weighted by Crippen LogP contribution is -2.07. The molecule has 0 saturated heterocycles. The number of nitrogens with zero attached hydrogens (tertiary/aromatic N) is 4. The minimum atomic E-state index is -5.23. The molecule has 0 aliphatic heterocycles. The molecular formula is C34H22F6N6O8S2. The van der Waals surface area contributed by atoms with Crippen LogP contribution < -0.4 is 11.5 Å². The summed E-state index contributed by atoms with van der Waals surface area (Å²) in [6, 6.07) is 13.5. The molecule has 0 aromatic heterocycles. The van der Waals surface area contributed by atoms with Crippen LogP contribution in [0.1, 0.15) is 11.1 Å². The summed E-state index contributed by atoms with van der Waals surface area (Å²) < 4.78 is 154. The summed E-state index contributed by atoms with van der Waals surface area (Å²) in [7, 11) is -10.3. The normalized spacial score (nSPS) is 13.1. The maximum Gasteiger partial charge on any atom is 0.418 e. The highest BCUT2D eigenvalue weighted by atomic mass is 32.2. The predicted octanol–water partition coefficient (Wildman–Crippen LogP) is 9.60. The Balaban J connectivity index is 1.44. The zero-order chi connectivity index (χ0) is 41.1. The zero-order valence-electron chi connectivity index (χ0n) is 27.5. The Bertz CT molecular complexity index is 2900. The van der Waals surface area contributed by atoms with Gasteiger partial charge in [-0.1, -0.05) is 18.2 Å². The van der Waals surface area contributed by atoms with Crippen LogP contribution in [-0.4, -0.2) is 36.2 Å². The van der Waals surface area contributed by atoms with Crippen molar-refractivity contribution in [1.82, 2.24) is 0 Å². The minimum Gasteiger partial charge on any atom is -0.505 e. The van der Waals surface area contributed by atoms with Crippen molar-refractivity contribution in [3.63, 3.8) is 0 Å². The minimum absolute atomic E-state index is 0.0282. The lowest BCUT2D eigenvalue weighted by Gasteiger charge is -2.15. The number of fused-ring (bicyclic) bond motifs is 2. The summed E-state index contributed by atoms with van der Waals surface area (Å²) in [5, 5.41) is 35.4. The number of phenolic OH excluding ortho intramolecular Hbond substituents is 2. The SMILES string of the molecule is Nc1ccc2c(O)c(N=Nc3ccc(-c4ccc(N=Nc5c(S(=O)(=O)O)cc6ccc(N)cc6c5O)c(C(F)(F)F)c4)cc3C(F)(F)F)c(S(=O)(=O)O)cc2c1. The number of nitrogen functional groups attached to an aromatic ring is 2. The lowest BCUT2D eigenvalue weighted by atomic mass is 9.99. The molecule has 0 amide bonds. The van der Waals surface area contributed by atoms with Crippen LogP contribution in [0.25, 0.3) is 32.7 Å². The number of anilines is 2. The van der Waals surface area contributed by atoms with Gasteiger partial charge in [0, 0.05) is 22.1 Å². The van der Waals surface area contributed by atoms with E-state index in [1.165, 1.54) is 36.4 Å². The van der Waals surface area contributed by atoms with Crippen molar-refractivity contribution in [3.8, 4) is 22.6 Å². The highest BCUT2D eigenvalue weighted by Gasteiger charge is 2.36. The number of azo groups is 2. The van der Waals surface area contributed by atoms with Gasteiger partial charge >= 0.3 is 12.4 Å². The van der Waals surface area contributed by atoms with E-state index in [2.05, 4.69) is 20.5 Å². The van der Waals surface area contributed by atoms with E-state index in [0.29, 0.717) is 24.3 Å². The molecule has 0 aliphatic rings. The number of hydrogen-bond donors (Lipinski definition) is 6. The fraction of sp³-hybridized carbons (Fsp3) is 0.0588. The number of nitrogens with two attached hydrogens (primary N) is 2. The van der Waals surface area contributed by atoms with Crippen LogP contribution in [0.5, 0.6) is 11.5 Å². The molecule has 0 radical (unpaired) electrons. The molecule has 0 saturated carbocycles. The first-order valence-corrected chi connectivity index (χ1v) is 18.1. The van der Waals surface area contributed by atoms with Gasteiger partial charge in [0.1, 0.15) is 21.2 Å². The molecule has 0 spiro atoms. The van der Waals surface area contributed by atoms with Crippen LogP contribution >= 0.6 is 0 Å². The number of benzene rings is 6. The van der Waals surface area contributed by atoms with Crippen molar-refractivity contribution in [3.05, 3.63) is 96.1 Å². The molecule has 0 aliphatic carbocycles. The highest BCUT2D eigenvalue weighted by Crippen LogP contribution is 2.47. The van der Waals surface area contributed by atoms with Crippen molar-refractivity contribution in [2.75, 3.05) is 11.5 Å². The van der Waals surface area contributed by atoms with E-state index in [-0.39, 0.29) is 32.9 Å². The highest BCUT2D eigenvalue weighted by molar-refractivity contribution is 7.86. The van der Waals surface area contributed by atoms with Gasteiger partial charge in [0.25, 0.3) is 20.2 Å². The number of halogens is 6. The molecule has 0 bridgehead atoms. The fourth-order valence-corrected chi connectivity index (χ4v) is 6.90. The van der Waals surface area contributed by atoms with Crippen LogP contribution in [-0.2, 0) is 32.6 Å². The van der Waals surface area contributed by atoms with Gasteiger partial charge in [-0.15, -0.1) is 20.5 Å². The van der Waals surface area contributed by atoms with Crippen LogP contribution in [0.3, 0.4) is 0 Å². The summed E-state index contributed by atoms with van der Waals surface area (Å²) in [4.78, 5) is -2.03. The van der Waals surface area contributed by atoms with Crippen LogP contribution in [0.15, 0.2) is 115 Å². The Morgan fingerprint density at radius 2 is 0.929 bits per heavy atom. The Hall–Kier alpha value is -6.36. The Morgan fingerprint density at radius 1 is 0.500 bits per heavy atom. The molecule has 290 valence electrons. The number of alkyl halides is 6. The summed E-state index contributed by atoms with van der Waals surface area (Å²) in [6.07, 6.45) is -10.5. The van der Waals surface area contributed by atoms with Crippen molar-refractivity contribution < 1.29 is 62.5 Å². The number of hydrogen-bond acceptors (Lipinski definition) is 12. The van der Waals surface area contributed by atoms with Crippen molar-refractivity contribution in [2.45, 2.75) is 22.1 Å². The summed E-state index contributed by atoms with van der Waals surface area (Å²) >= 11 is 0. The van der Waals surface area contributed by atoms with E-state index >= 15 is 0 Å². The van der Waals surface area contributed by atoms with E-state index < -0.39 is 98.9 Å². The molecule has 14 nitrogen and oxygen atoms in total. The monoisotopic (exact) mass is 820 g/mol. The van der Waals surface area contributed by atoms with Crippen LogP contribution in [0, 0.1) is 0 Å². The van der Waals surface area contributed by atoms with E-state index in [9.17, 15) is 62.5 Å². The van der Waals surface area contributed by atoms with Gasteiger partial charge < -0.3 is 21.7 Å². The first kappa shape index (κ1) is 39.3. The van der Waals surface area contributed by atoms with Gasteiger partial charge in [-0.25, -0.2) is 0 Å². The lowest BCUT2D eigenvalue weighted by molar-refractivity contribution is -0.138. The maximum absolute atomic E-state index is 14.3. The Labute approximate surface area is 310 Å². The molecular weight excluding hydrogens is 799 g/mol. The second-order valence-corrected chi connectivity index (χ2v) is 14.7. The van der Waals surface area contributed by atoms with E-state index in [0.717, 1.165) is 24.3 Å². The first-order chi connectivity index (χ1) is 25.9. The summed E-state index contributed by atoms with van der Waals surface area (Å²) in [6.45, 7) is 0. The summed E-state index contributed by atoms with van der Waals surface area (Å²) in [5.74, 6) is -1.78. The van der Waals surface area contributed by atoms with E-state index in [4.69, 9.17) is 11.5 Å². The van der Waals surface area contributed by atoms with Gasteiger partial charge in [0.15, 0.2) is 11.5 Å². The molecule has 0 atom stereocenters. The van der Waals surface area contributed by atoms with Crippen LogP contribution in [0.2, 0.25) is 0 Å². The molecule has 0 fully saturated rings. The van der Waals surface area contributed by atoms with Gasteiger partial charge in [-0.3, -0.25) is 9.11 Å². The Kier molecular flexibility index (Phi) is 9.65. The van der Waals surface area contributed by atoms with Gasteiger partial charge in [-0.2, -0.15) is 43.2 Å². The van der Waals surface area contributed by atoms with Crippen molar-refractivity contribution >= 4 is 75.9 Å². The van der Waals surface area contributed by atoms with E-state index in [1.54, 1.807) is 0 Å². The molecule has 0 unspecified atom stereocenters. The van der Waals surface area contributed by atoms with Gasteiger partial charge in [0.05, 0.1) is 22.5 Å². The van der Waals surface area contributed by atoms with E-state index in [1.807, 2.05) is 0 Å². The Morgan fingerprint density at radius 3 is 1.39 bits per heavy atom. The molecule has 22 heteroatoms. The third-order valence-electron chi connectivity index (χ3n) is 8.16. The first-order valence-electron chi connectivity index (χ1n) is 15.2. The zero-order valence-corrected chi connectivity index (χ0v) is 29.2. The second kappa shape index (κ2) is 13.7. The average molecular weight is 821 g/mol. The molecule has 8 N–H and O–H groups in total. The van der Waals surface area contributed by atoms with Crippen molar-refractivity contribution in [2.24, 2.45) is 20.5 Å². The molecule has 0 heterocycles. The third-order valence-corrected chi connectivity index (χ3v) is 9.89. The molecule has 6 aromatic carbocycles. The predicted molar refractivity (Wildman–Crippen MR) is 190 cm³/mol. The van der Waals surface area contributed by atoms with Crippen molar-refractivity contribution in [1.29, 1.82) is 0 Å². The molecule has 6 aromatic rings. The van der Waals surface area contributed by atoms with Crippen LogP contribution in [0.4, 0.5) is 60.5 Å². The standard InChI is InChI=1S/C34H22F6N6O8S2/c35-33(36,37)23-10-15(2-7-25(23)43-45-29-28(56(52,53)54)13-18-9-19(41)5-6-21(18)31(29)47)16-3-8-26(24(11-16)34(38,39)40)44-46-30-27(55(49,50)51)12-17-1-4-20(42)14-22(17)32(30)48/h1-14,47-48H,41-42H2,(H,49,50,51)(H,52,53,54). The maximum atomic E-state index is 14.3. The average Bonchev–Trinajstić information content (AvgIpc) is 3.09. The molecule has 6 rings (SSSR count). The smallest absolute Gasteiger partial charge is 0.418 e. The molecule has 56 heavy (non-hydrogen) atoms. The quantitative estimate of drug-likeness (QED) is 0.0385. The number of phenols is 2. The third kappa shape index (κ3) is 7.75. The number of rotatable bonds is 7. The fourth-order valence-electron chi connectivity index (χ4n) is 5.58.